The highest BCUT2D eigenvalue weighted by molar-refractivity contribution is 5.20. The SMILES string of the molecule is CCC[C@H]1O[C@](C)(c2ccccc2)OC[C@@H]1CC. The highest BCUT2D eigenvalue weighted by atomic mass is 16.7. The molecular weight excluding hydrogens is 224 g/mol. The van der Waals surface area contributed by atoms with Gasteiger partial charge in [0.1, 0.15) is 0 Å². The minimum atomic E-state index is -0.577. The number of rotatable bonds is 4. The Bertz CT molecular complexity index is 363. The van der Waals surface area contributed by atoms with E-state index in [1.54, 1.807) is 0 Å². The second kappa shape index (κ2) is 5.85. The molecule has 0 saturated carbocycles. The van der Waals surface area contributed by atoms with E-state index in [4.69, 9.17) is 9.47 Å². The minimum absolute atomic E-state index is 0.318. The molecule has 0 aliphatic carbocycles. The molecule has 1 fully saturated rings. The van der Waals surface area contributed by atoms with Gasteiger partial charge >= 0.3 is 0 Å². The monoisotopic (exact) mass is 248 g/mol. The van der Waals surface area contributed by atoms with Crippen molar-refractivity contribution < 1.29 is 9.47 Å². The fraction of sp³-hybridized carbons (Fsp3) is 0.625. The van der Waals surface area contributed by atoms with Gasteiger partial charge in [-0.25, -0.2) is 0 Å². The van der Waals surface area contributed by atoms with E-state index in [1.165, 1.54) is 0 Å². The van der Waals surface area contributed by atoms with Crippen molar-refractivity contribution >= 4 is 0 Å². The molecule has 2 heteroatoms. The van der Waals surface area contributed by atoms with Crippen LogP contribution in [0, 0.1) is 5.92 Å². The Balaban J connectivity index is 2.16. The second-order valence-corrected chi connectivity index (χ2v) is 5.24. The quantitative estimate of drug-likeness (QED) is 0.798. The Kier molecular flexibility index (Phi) is 4.41. The highest BCUT2D eigenvalue weighted by Crippen LogP contribution is 2.37. The number of hydrogen-bond donors (Lipinski definition) is 0. The van der Waals surface area contributed by atoms with E-state index in [2.05, 4.69) is 26.0 Å². The largest absolute Gasteiger partial charge is 0.346 e. The first-order chi connectivity index (χ1) is 8.69. The van der Waals surface area contributed by atoms with Crippen molar-refractivity contribution in [1.82, 2.24) is 0 Å². The Morgan fingerprint density at radius 1 is 1.22 bits per heavy atom. The summed E-state index contributed by atoms with van der Waals surface area (Å²) >= 11 is 0. The van der Waals surface area contributed by atoms with Gasteiger partial charge < -0.3 is 9.47 Å². The maximum atomic E-state index is 6.28. The molecule has 0 unspecified atom stereocenters. The molecule has 0 amide bonds. The first kappa shape index (κ1) is 13.6. The van der Waals surface area contributed by atoms with Gasteiger partial charge in [-0.05, 0) is 19.8 Å². The van der Waals surface area contributed by atoms with Crippen LogP contribution in [0.3, 0.4) is 0 Å². The lowest BCUT2D eigenvalue weighted by atomic mass is 9.93. The van der Waals surface area contributed by atoms with Crippen molar-refractivity contribution in [2.24, 2.45) is 5.92 Å². The van der Waals surface area contributed by atoms with Crippen LogP contribution in [0.5, 0.6) is 0 Å². The van der Waals surface area contributed by atoms with Gasteiger partial charge in [0.05, 0.1) is 12.7 Å². The van der Waals surface area contributed by atoms with Gasteiger partial charge in [-0.15, -0.1) is 0 Å². The maximum Gasteiger partial charge on any atom is 0.192 e. The van der Waals surface area contributed by atoms with Crippen LogP contribution in [0.15, 0.2) is 30.3 Å². The zero-order chi connectivity index (χ0) is 13.0. The molecule has 2 rings (SSSR count). The van der Waals surface area contributed by atoms with Crippen LogP contribution in [0.4, 0.5) is 0 Å². The summed E-state index contributed by atoms with van der Waals surface area (Å²) in [6, 6.07) is 10.3. The third kappa shape index (κ3) is 2.76. The summed E-state index contributed by atoms with van der Waals surface area (Å²) in [5, 5.41) is 0. The molecule has 0 bridgehead atoms. The smallest absolute Gasteiger partial charge is 0.192 e. The van der Waals surface area contributed by atoms with E-state index >= 15 is 0 Å². The van der Waals surface area contributed by atoms with Gasteiger partial charge in [0.15, 0.2) is 5.79 Å². The van der Waals surface area contributed by atoms with E-state index in [9.17, 15) is 0 Å². The molecule has 18 heavy (non-hydrogen) atoms. The predicted octanol–water partition coefficient (Wildman–Crippen LogP) is 4.10. The minimum Gasteiger partial charge on any atom is -0.346 e. The summed E-state index contributed by atoms with van der Waals surface area (Å²) in [5.41, 5.74) is 1.11. The topological polar surface area (TPSA) is 18.5 Å². The van der Waals surface area contributed by atoms with Crippen LogP contribution in [0.25, 0.3) is 0 Å². The van der Waals surface area contributed by atoms with Crippen LogP contribution in [0.2, 0.25) is 0 Å². The zero-order valence-electron chi connectivity index (χ0n) is 11.7. The van der Waals surface area contributed by atoms with Gasteiger partial charge in [0.2, 0.25) is 0 Å². The zero-order valence-corrected chi connectivity index (χ0v) is 11.7. The van der Waals surface area contributed by atoms with E-state index in [-0.39, 0.29) is 0 Å². The average Bonchev–Trinajstić information content (AvgIpc) is 2.41. The molecule has 0 aromatic heterocycles. The number of benzene rings is 1. The van der Waals surface area contributed by atoms with E-state index < -0.39 is 5.79 Å². The van der Waals surface area contributed by atoms with Crippen LogP contribution in [-0.4, -0.2) is 12.7 Å². The van der Waals surface area contributed by atoms with Crippen LogP contribution in [0.1, 0.15) is 45.6 Å². The molecule has 1 aromatic carbocycles. The highest BCUT2D eigenvalue weighted by Gasteiger charge is 2.39. The third-order valence-electron chi connectivity index (χ3n) is 3.87. The van der Waals surface area contributed by atoms with E-state index in [0.717, 1.165) is 31.4 Å². The molecule has 1 aliphatic heterocycles. The Labute approximate surface area is 110 Å². The van der Waals surface area contributed by atoms with Crippen molar-refractivity contribution in [3.8, 4) is 0 Å². The summed E-state index contributed by atoms with van der Waals surface area (Å²) in [4.78, 5) is 0. The summed E-state index contributed by atoms with van der Waals surface area (Å²) in [6.07, 6.45) is 3.71. The molecule has 1 aliphatic rings. The Hall–Kier alpha value is -0.860. The number of ether oxygens (including phenoxy) is 2. The third-order valence-corrected chi connectivity index (χ3v) is 3.87. The Morgan fingerprint density at radius 2 is 1.94 bits per heavy atom. The van der Waals surface area contributed by atoms with Crippen molar-refractivity contribution in [3.05, 3.63) is 35.9 Å². The second-order valence-electron chi connectivity index (χ2n) is 5.24. The summed E-state index contributed by atoms with van der Waals surface area (Å²) < 4.78 is 12.3. The lowest BCUT2D eigenvalue weighted by Crippen LogP contribution is -2.45. The first-order valence-electron chi connectivity index (χ1n) is 7.07. The lowest BCUT2D eigenvalue weighted by Gasteiger charge is -2.43. The van der Waals surface area contributed by atoms with Crippen molar-refractivity contribution in [1.29, 1.82) is 0 Å². The number of hydrogen-bond acceptors (Lipinski definition) is 2. The summed E-state index contributed by atoms with van der Waals surface area (Å²) in [6.45, 7) is 7.26. The summed E-state index contributed by atoms with van der Waals surface area (Å²) in [5.74, 6) is -0.0472. The van der Waals surface area contributed by atoms with Gasteiger partial charge in [0.25, 0.3) is 0 Å². The predicted molar refractivity (Wildman–Crippen MR) is 73.3 cm³/mol. The summed E-state index contributed by atoms with van der Waals surface area (Å²) in [7, 11) is 0. The van der Waals surface area contributed by atoms with Crippen LogP contribution >= 0.6 is 0 Å². The normalized spacial score (nSPS) is 32.4. The average molecular weight is 248 g/mol. The molecule has 1 saturated heterocycles. The first-order valence-corrected chi connectivity index (χ1v) is 7.07. The van der Waals surface area contributed by atoms with Gasteiger partial charge in [-0.3, -0.25) is 0 Å². The fourth-order valence-electron chi connectivity index (χ4n) is 2.64. The van der Waals surface area contributed by atoms with Crippen LogP contribution < -0.4 is 0 Å². The van der Waals surface area contributed by atoms with Crippen molar-refractivity contribution in [3.63, 3.8) is 0 Å². The molecule has 3 atom stereocenters. The molecule has 0 N–H and O–H groups in total. The van der Waals surface area contributed by atoms with Crippen LogP contribution in [-0.2, 0) is 15.3 Å². The Morgan fingerprint density at radius 3 is 2.56 bits per heavy atom. The fourth-order valence-corrected chi connectivity index (χ4v) is 2.64. The van der Waals surface area contributed by atoms with E-state index in [1.807, 2.05) is 25.1 Å². The maximum absolute atomic E-state index is 6.28. The van der Waals surface area contributed by atoms with Crippen molar-refractivity contribution in [2.45, 2.75) is 51.9 Å². The molecule has 1 heterocycles. The molecular formula is C16H24O2. The van der Waals surface area contributed by atoms with Gasteiger partial charge in [-0.2, -0.15) is 0 Å². The lowest BCUT2D eigenvalue weighted by molar-refractivity contribution is -0.312. The molecule has 2 nitrogen and oxygen atoms in total. The standard InChI is InChI=1S/C16H24O2/c1-4-9-15-13(5-2)12-17-16(3,18-15)14-10-7-6-8-11-14/h6-8,10-11,13,15H,4-5,9,12H2,1-3H3/t13-,15+,16+/m0/s1. The molecule has 0 radical (unpaired) electrons. The van der Waals surface area contributed by atoms with Gasteiger partial charge in [-0.1, -0.05) is 50.6 Å². The van der Waals surface area contributed by atoms with Gasteiger partial charge in [0, 0.05) is 11.5 Å². The molecule has 100 valence electrons. The molecule has 1 aromatic rings. The van der Waals surface area contributed by atoms with Crippen molar-refractivity contribution in [2.75, 3.05) is 6.61 Å². The molecule has 0 spiro atoms. The van der Waals surface area contributed by atoms with E-state index in [0.29, 0.717) is 12.0 Å².